The Hall–Kier alpha value is 4.11. The molecule has 0 aliphatic heterocycles. The molecule has 0 aromatic heterocycles. The van der Waals surface area contributed by atoms with Gasteiger partial charge in [0.25, 0.3) is 0 Å². The molecule has 3 N–H and O–H groups in total. The van der Waals surface area contributed by atoms with Crippen molar-refractivity contribution in [3.8, 4) is 0 Å². The van der Waals surface area contributed by atoms with Crippen molar-refractivity contribution in [1.29, 1.82) is 0 Å². The fourth-order valence-corrected chi connectivity index (χ4v) is 0. The summed E-state index contributed by atoms with van der Waals surface area (Å²) in [5, 5.41) is 21.5. The largest absolute Gasteiger partial charge is 2.00 e. The van der Waals surface area contributed by atoms with E-state index < -0.39 is 7.32 Å². The summed E-state index contributed by atoms with van der Waals surface area (Å²) in [6.45, 7) is 0. The number of rotatable bonds is 0. The van der Waals surface area contributed by atoms with E-state index in [9.17, 15) is 0 Å². The molecule has 3 nitrogen and oxygen atoms in total. The summed E-state index contributed by atoms with van der Waals surface area (Å²) < 4.78 is 0. The van der Waals surface area contributed by atoms with Crippen molar-refractivity contribution in [3.63, 3.8) is 0 Å². The van der Waals surface area contributed by atoms with Gasteiger partial charge in [-0.2, -0.15) is 0 Å². The molecular weight excluding hydrogens is 387 g/mol. The normalized spacial score (nSPS) is 3.86. The van der Waals surface area contributed by atoms with E-state index in [2.05, 4.69) is 0 Å². The van der Waals surface area contributed by atoms with E-state index in [-0.39, 0.29) is 130 Å². The summed E-state index contributed by atoms with van der Waals surface area (Å²) >= 11 is 0. The monoisotopic (exact) mass is 394 g/mol. The molecule has 0 aromatic rings. The van der Waals surface area contributed by atoms with Crippen LogP contribution in [-0.4, -0.2) is 67.9 Å². The van der Waals surface area contributed by atoms with E-state index in [1.54, 1.807) is 0 Å². The van der Waals surface area contributed by atoms with Crippen molar-refractivity contribution in [3.05, 3.63) is 0 Å². The average molecular weight is 392 g/mol. The van der Waals surface area contributed by atoms with Crippen molar-refractivity contribution in [2.45, 2.75) is 0 Å². The zero-order chi connectivity index (χ0) is 3.58. The van der Waals surface area contributed by atoms with E-state index in [1.807, 2.05) is 0 Å². The molecule has 0 unspecified atom stereocenters. The Labute approximate surface area is 148 Å². The van der Waals surface area contributed by atoms with Crippen LogP contribution in [0.3, 0.4) is 0 Å². The van der Waals surface area contributed by atoms with Crippen molar-refractivity contribution in [2.75, 3.05) is 0 Å². The Morgan fingerprint density at radius 3 is 1.14 bits per heavy atom. The van der Waals surface area contributed by atoms with Gasteiger partial charge in [-0.15, -0.1) is 0 Å². The van der Waals surface area contributed by atoms with E-state index in [0.29, 0.717) is 0 Å². The molecular formula is H5BEuO3SrY. The number of hydrogen-bond acceptors (Lipinski definition) is 3. The summed E-state index contributed by atoms with van der Waals surface area (Å²) in [4.78, 5) is 0. The maximum atomic E-state index is 7.17. The second-order valence-electron chi connectivity index (χ2n) is 0.346. The zero-order valence-corrected chi connectivity index (χ0v) is 12.3. The molecule has 38 valence electrons. The molecule has 0 amide bonds. The van der Waals surface area contributed by atoms with Crippen LogP contribution in [0.5, 0.6) is 0 Å². The fraction of sp³-hybridized carbons (Fsp3) is 0. The van der Waals surface area contributed by atoms with E-state index in [0.717, 1.165) is 0 Å². The minimum absolute atomic E-state index is 0. The van der Waals surface area contributed by atoms with Gasteiger partial charge in [0.2, 0.25) is 0 Å². The smallest absolute Gasteiger partial charge is 1.00 e. The molecule has 2 radical (unpaired) electrons. The summed E-state index contributed by atoms with van der Waals surface area (Å²) in [7, 11) is -2.17. The predicted molar refractivity (Wildman–Crippen MR) is 20.4 cm³/mol. The summed E-state index contributed by atoms with van der Waals surface area (Å²) in [6.07, 6.45) is 0. The average Bonchev–Trinajstić information content (AvgIpc) is 0.811. The van der Waals surface area contributed by atoms with Gasteiger partial charge in [-0.1, -0.05) is 0 Å². The van der Waals surface area contributed by atoms with Crippen LogP contribution in [0.1, 0.15) is 2.85 Å². The third kappa shape index (κ3) is 39.3. The van der Waals surface area contributed by atoms with Crippen LogP contribution in [0.15, 0.2) is 0 Å². The minimum Gasteiger partial charge on any atom is -1.00 e. The Morgan fingerprint density at radius 2 is 1.14 bits per heavy atom. The Balaban J connectivity index is -0.00000000450. The van der Waals surface area contributed by atoms with Gasteiger partial charge in [0.1, 0.15) is 0 Å². The first-order chi connectivity index (χ1) is 1.73. The van der Waals surface area contributed by atoms with Gasteiger partial charge in [-0.05, 0) is 0 Å². The summed E-state index contributed by atoms with van der Waals surface area (Å²) in [6, 6.07) is 0. The molecule has 0 fully saturated rings. The molecule has 0 aromatic carbocycles. The van der Waals surface area contributed by atoms with Crippen LogP contribution in [-0.2, 0) is 32.7 Å². The van der Waals surface area contributed by atoms with E-state index in [4.69, 9.17) is 15.1 Å². The van der Waals surface area contributed by atoms with Crippen LogP contribution in [0.4, 0.5) is 0 Å². The van der Waals surface area contributed by atoms with Gasteiger partial charge in [-0.25, -0.2) is 0 Å². The molecule has 7 heavy (non-hydrogen) atoms. The molecule has 0 aliphatic carbocycles. The van der Waals surface area contributed by atoms with Crippen LogP contribution >= 0.6 is 0 Å². The first-order valence-electron chi connectivity index (χ1n) is 0.775. The molecule has 0 aliphatic rings. The molecule has 7 heteroatoms. The first kappa shape index (κ1) is 22.5. The Kier molecular flexibility index (Phi) is 53.3. The van der Waals surface area contributed by atoms with Gasteiger partial charge in [-0.3, -0.25) is 0 Å². The molecule has 0 heterocycles. The molecule has 0 spiro atoms. The zero-order valence-electron chi connectivity index (χ0n) is 5.58. The first-order valence-corrected chi connectivity index (χ1v) is 0.775. The number of hydrogen-bond donors (Lipinski definition) is 3. The molecule has 0 bridgehead atoms. The van der Waals surface area contributed by atoms with Crippen molar-refractivity contribution < 1.29 is 100 Å². The van der Waals surface area contributed by atoms with Crippen molar-refractivity contribution in [1.82, 2.24) is 0 Å². The Morgan fingerprint density at radius 1 is 1.14 bits per heavy atom. The van der Waals surface area contributed by atoms with Crippen LogP contribution in [0, 0.1) is 49.4 Å². The third-order valence-corrected chi connectivity index (χ3v) is 0. The van der Waals surface area contributed by atoms with Gasteiger partial charge in [0.15, 0.2) is 0 Å². The van der Waals surface area contributed by atoms with Crippen LogP contribution < -0.4 is 0 Å². The maximum absolute atomic E-state index is 7.17. The molecule has 0 saturated heterocycles. The summed E-state index contributed by atoms with van der Waals surface area (Å²) in [5.74, 6) is 0. The van der Waals surface area contributed by atoms with Gasteiger partial charge >= 0.3 is 52.8 Å². The van der Waals surface area contributed by atoms with Crippen LogP contribution in [0.2, 0.25) is 0 Å². The second kappa shape index (κ2) is 16.6. The molecule has 0 saturated carbocycles. The quantitative estimate of drug-likeness (QED) is 0.410. The standard InChI is InChI=1S/BH3O3.Eu.Sr.Y.2H/c2-1(3)4;;;;;/h2-4H;;;;;/q;;+2;;2*-1. The summed E-state index contributed by atoms with van der Waals surface area (Å²) in [5.41, 5.74) is 0. The van der Waals surface area contributed by atoms with E-state index in [1.165, 1.54) is 0 Å². The van der Waals surface area contributed by atoms with Crippen molar-refractivity contribution in [2.24, 2.45) is 0 Å². The molecule has 0 rings (SSSR count). The Bertz CT molecular complexity index is 26.5. The fourth-order valence-electron chi connectivity index (χ4n) is 0. The minimum atomic E-state index is -2.17. The van der Waals surface area contributed by atoms with Gasteiger partial charge < -0.3 is 17.9 Å². The maximum Gasteiger partial charge on any atom is 2.00 e. The third-order valence-electron chi connectivity index (χ3n) is 0. The topological polar surface area (TPSA) is 60.7 Å². The SMILES string of the molecule is OB(O)O.[Eu].[H-].[H-].[Sr+2].[Y]. The second-order valence-corrected chi connectivity index (χ2v) is 0.346. The van der Waals surface area contributed by atoms with Crippen LogP contribution in [0.25, 0.3) is 0 Å². The predicted octanol–water partition coefficient (Wildman–Crippen LogP) is -2.21. The van der Waals surface area contributed by atoms with Gasteiger partial charge in [0, 0.05) is 82.1 Å². The molecule has 0 atom stereocenters. The van der Waals surface area contributed by atoms with Crippen molar-refractivity contribution >= 4 is 52.8 Å². The van der Waals surface area contributed by atoms with E-state index >= 15 is 0 Å². The van der Waals surface area contributed by atoms with Gasteiger partial charge in [0.05, 0.1) is 0 Å².